The van der Waals surface area contributed by atoms with Gasteiger partial charge in [-0.25, -0.2) is 9.98 Å². The molecule has 0 bridgehead atoms. The minimum Gasteiger partial charge on any atom is -0.475 e. The molecular weight excluding hydrogens is 608 g/mol. The molecule has 4 aromatic carbocycles. The highest BCUT2D eigenvalue weighted by atomic mass is 16.7. The Labute approximate surface area is 290 Å². The van der Waals surface area contributed by atoms with Gasteiger partial charge in [0.25, 0.3) is 5.79 Å². The number of ether oxygens (including phenoxy) is 4. The van der Waals surface area contributed by atoms with E-state index >= 15 is 0 Å². The van der Waals surface area contributed by atoms with Crippen molar-refractivity contribution in [3.63, 3.8) is 0 Å². The monoisotopic (exact) mass is 654 g/mol. The van der Waals surface area contributed by atoms with Gasteiger partial charge >= 0.3 is 0 Å². The van der Waals surface area contributed by atoms with Gasteiger partial charge in [-0.1, -0.05) is 100 Å². The van der Waals surface area contributed by atoms with Crippen molar-refractivity contribution in [1.29, 1.82) is 0 Å². The Hall–Kier alpha value is -4.58. The maximum atomic E-state index is 7.22. The summed E-state index contributed by atoms with van der Waals surface area (Å²) in [6.45, 7) is 14.6. The van der Waals surface area contributed by atoms with Crippen molar-refractivity contribution in [2.45, 2.75) is 95.9 Å². The van der Waals surface area contributed by atoms with Gasteiger partial charge in [-0.15, -0.1) is 0 Å². The molecule has 0 aromatic heterocycles. The van der Waals surface area contributed by atoms with Crippen LogP contribution in [-0.4, -0.2) is 42.9 Å². The largest absolute Gasteiger partial charge is 0.475 e. The molecule has 2 atom stereocenters. The third-order valence-corrected chi connectivity index (χ3v) is 10.4. The average Bonchev–Trinajstić information content (AvgIpc) is 3.72. The van der Waals surface area contributed by atoms with E-state index in [2.05, 4.69) is 114 Å². The van der Waals surface area contributed by atoms with Crippen molar-refractivity contribution in [3.05, 3.63) is 129 Å². The first-order chi connectivity index (χ1) is 23.5. The smallest absolute Gasteiger partial charge is 0.253 e. The lowest BCUT2D eigenvalue weighted by Gasteiger charge is -2.52. The Bertz CT molecular complexity index is 1820. The molecule has 0 amide bonds. The van der Waals surface area contributed by atoms with Gasteiger partial charge in [0.15, 0.2) is 0 Å². The first kappa shape index (κ1) is 31.7. The lowest BCUT2D eigenvalue weighted by atomic mass is 9.68. The molecule has 4 aliphatic rings. The van der Waals surface area contributed by atoms with E-state index < -0.39 is 5.79 Å². The quantitative estimate of drug-likeness (QED) is 0.209. The molecule has 0 unspecified atom stereocenters. The fourth-order valence-electron chi connectivity index (χ4n) is 8.33. The zero-order valence-electron chi connectivity index (χ0n) is 29.5. The minimum atomic E-state index is -0.910. The predicted molar refractivity (Wildman–Crippen MR) is 194 cm³/mol. The van der Waals surface area contributed by atoms with Gasteiger partial charge in [-0.2, -0.15) is 0 Å². The summed E-state index contributed by atoms with van der Waals surface area (Å²) in [5.41, 5.74) is 8.49. The van der Waals surface area contributed by atoms with E-state index in [0.717, 1.165) is 57.7 Å². The maximum Gasteiger partial charge on any atom is 0.253 e. The van der Waals surface area contributed by atoms with E-state index in [1.807, 2.05) is 12.1 Å². The molecule has 4 heterocycles. The number of rotatable bonds is 6. The van der Waals surface area contributed by atoms with Crippen molar-refractivity contribution in [2.24, 2.45) is 9.98 Å². The van der Waals surface area contributed by atoms with Crippen LogP contribution in [0.15, 0.2) is 94.9 Å². The number of aliphatic imine (C=N–C) groups is 2. The van der Waals surface area contributed by atoms with Gasteiger partial charge in [-0.3, -0.25) is 0 Å². The molecule has 4 aliphatic heterocycles. The Balaban J connectivity index is 1.16. The fraction of sp³-hybridized carbons (Fsp3) is 0.395. The molecule has 252 valence electrons. The number of hydrogen-bond acceptors (Lipinski definition) is 6. The van der Waals surface area contributed by atoms with Crippen molar-refractivity contribution < 1.29 is 18.9 Å². The highest BCUT2D eigenvalue weighted by molar-refractivity contribution is 5.99. The number of benzene rings is 4. The summed E-state index contributed by atoms with van der Waals surface area (Å²) in [5.74, 6) is 2.02. The molecule has 0 N–H and O–H groups in total. The van der Waals surface area contributed by atoms with E-state index in [-0.39, 0.29) is 22.9 Å². The highest BCUT2D eigenvalue weighted by Crippen LogP contribution is 2.55. The maximum absolute atomic E-state index is 7.22. The summed E-state index contributed by atoms with van der Waals surface area (Å²) in [7, 11) is 0. The topological polar surface area (TPSA) is 61.6 Å². The molecule has 1 spiro atoms. The van der Waals surface area contributed by atoms with Crippen LogP contribution < -0.4 is 9.47 Å². The summed E-state index contributed by atoms with van der Waals surface area (Å²) in [6, 6.07) is 29.9. The normalized spacial score (nSPS) is 22.5. The summed E-state index contributed by atoms with van der Waals surface area (Å²) >= 11 is 0. The van der Waals surface area contributed by atoms with E-state index in [1.54, 1.807) is 0 Å². The van der Waals surface area contributed by atoms with Crippen LogP contribution >= 0.6 is 0 Å². The van der Waals surface area contributed by atoms with Crippen molar-refractivity contribution >= 4 is 11.8 Å². The van der Waals surface area contributed by atoms with Crippen LogP contribution in [-0.2, 0) is 33.1 Å². The third-order valence-electron chi connectivity index (χ3n) is 10.4. The van der Waals surface area contributed by atoms with Crippen molar-refractivity contribution in [1.82, 2.24) is 0 Å². The zero-order chi connectivity index (χ0) is 34.0. The minimum absolute atomic E-state index is 0.0552. The second-order valence-electron chi connectivity index (χ2n) is 15.8. The first-order valence-corrected chi connectivity index (χ1v) is 17.7. The molecule has 6 heteroatoms. The first-order valence-electron chi connectivity index (χ1n) is 17.7. The second kappa shape index (κ2) is 11.8. The second-order valence-corrected chi connectivity index (χ2v) is 15.8. The van der Waals surface area contributed by atoms with Crippen LogP contribution in [0.4, 0.5) is 0 Å². The third kappa shape index (κ3) is 6.00. The van der Waals surface area contributed by atoms with E-state index in [9.17, 15) is 0 Å². The van der Waals surface area contributed by atoms with Gasteiger partial charge in [0.1, 0.15) is 24.7 Å². The van der Waals surface area contributed by atoms with Crippen LogP contribution in [0.25, 0.3) is 0 Å². The molecular formula is C43H46N2O4. The van der Waals surface area contributed by atoms with Crippen molar-refractivity contribution in [2.75, 3.05) is 13.2 Å². The molecule has 6 nitrogen and oxygen atoms in total. The molecule has 0 aliphatic carbocycles. The standard InChI is InChI=1S/C43H46N2O4/c1-27-17-33(39-44-31(23-46-39)21-29-13-9-7-10-14-29)37-35(19-27)41(3,4)25-43(48-37)26-42(5,6)36-20-28(2)18-34(38(36)49-43)40-45-32(24-47-40)22-30-15-11-8-12-16-30/h7-20,31-32H,21-26H2,1-6H3/t31-,32-,43?/m0/s1. The molecule has 8 rings (SSSR count). The van der Waals surface area contributed by atoms with Crippen LogP contribution in [0.2, 0.25) is 0 Å². The lowest BCUT2D eigenvalue weighted by molar-refractivity contribution is -0.166. The van der Waals surface area contributed by atoms with E-state index in [1.165, 1.54) is 11.1 Å². The Morgan fingerprint density at radius 1 is 0.592 bits per heavy atom. The molecule has 0 saturated carbocycles. The van der Waals surface area contributed by atoms with Crippen LogP contribution in [0.5, 0.6) is 11.5 Å². The van der Waals surface area contributed by atoms with Gasteiger partial charge < -0.3 is 18.9 Å². The number of fused-ring (bicyclic) bond motifs is 2. The van der Waals surface area contributed by atoms with E-state index in [4.69, 9.17) is 28.9 Å². The molecule has 0 radical (unpaired) electrons. The van der Waals surface area contributed by atoms with Crippen LogP contribution in [0.3, 0.4) is 0 Å². The van der Waals surface area contributed by atoms with Crippen molar-refractivity contribution in [3.8, 4) is 11.5 Å². The van der Waals surface area contributed by atoms with Gasteiger partial charge in [0.05, 0.1) is 23.2 Å². The highest BCUT2D eigenvalue weighted by Gasteiger charge is 2.55. The fourth-order valence-corrected chi connectivity index (χ4v) is 8.33. The number of aryl methyl sites for hydroxylation is 2. The summed E-state index contributed by atoms with van der Waals surface area (Å²) in [5, 5.41) is 0. The molecule has 4 aromatic rings. The summed E-state index contributed by atoms with van der Waals surface area (Å²) < 4.78 is 27.1. The van der Waals surface area contributed by atoms with Gasteiger partial charge in [0, 0.05) is 34.8 Å². The van der Waals surface area contributed by atoms with Crippen LogP contribution in [0, 0.1) is 13.8 Å². The Morgan fingerprint density at radius 2 is 1.00 bits per heavy atom. The summed E-state index contributed by atoms with van der Waals surface area (Å²) in [4.78, 5) is 10.2. The molecule has 49 heavy (non-hydrogen) atoms. The predicted octanol–water partition coefficient (Wildman–Crippen LogP) is 8.60. The molecule has 0 saturated heterocycles. The van der Waals surface area contributed by atoms with Crippen LogP contribution in [0.1, 0.15) is 85.0 Å². The Kier molecular flexibility index (Phi) is 7.62. The van der Waals surface area contributed by atoms with E-state index in [0.29, 0.717) is 37.9 Å². The Morgan fingerprint density at radius 3 is 1.41 bits per heavy atom. The zero-order valence-corrected chi connectivity index (χ0v) is 29.5. The van der Waals surface area contributed by atoms with Gasteiger partial charge in [0.2, 0.25) is 11.8 Å². The lowest BCUT2D eigenvalue weighted by Crippen LogP contribution is -2.56. The van der Waals surface area contributed by atoms with Gasteiger partial charge in [-0.05, 0) is 61.1 Å². The number of hydrogen-bond donors (Lipinski definition) is 0. The average molecular weight is 655 g/mol. The number of nitrogens with zero attached hydrogens (tertiary/aromatic N) is 2. The molecule has 0 fully saturated rings. The SMILES string of the molecule is Cc1cc(C2=N[C@@H](Cc3ccccc3)CO2)c2c(c1)C(C)(C)CC1(CC(C)(C)c3cc(C)cc(C4=N[C@@H](Cc5ccccc5)CO4)c3O1)O2. The summed E-state index contributed by atoms with van der Waals surface area (Å²) in [6.07, 6.45) is 3.06.